The molecular formula is C11H17BrN2. The van der Waals surface area contributed by atoms with E-state index in [-0.39, 0.29) is 0 Å². The van der Waals surface area contributed by atoms with Gasteiger partial charge in [-0.2, -0.15) is 0 Å². The monoisotopic (exact) mass is 256 g/mol. The Morgan fingerprint density at radius 1 is 1.57 bits per heavy atom. The highest BCUT2D eigenvalue weighted by molar-refractivity contribution is 9.09. The van der Waals surface area contributed by atoms with Crippen LogP contribution in [0.1, 0.15) is 25.5 Å². The predicted octanol–water partition coefficient (Wildman–Crippen LogP) is 3.37. The van der Waals surface area contributed by atoms with Crippen LogP contribution in [0.25, 0.3) is 0 Å². The molecule has 1 heterocycles. The molecule has 14 heavy (non-hydrogen) atoms. The van der Waals surface area contributed by atoms with E-state index in [1.807, 2.05) is 19.2 Å². The Hall–Kier alpha value is -0.570. The summed E-state index contributed by atoms with van der Waals surface area (Å²) in [4.78, 5) is 4.77. The molecule has 0 aliphatic rings. The van der Waals surface area contributed by atoms with Crippen molar-refractivity contribution in [2.24, 2.45) is 0 Å². The van der Waals surface area contributed by atoms with E-state index in [1.54, 1.807) is 0 Å². The van der Waals surface area contributed by atoms with E-state index in [2.05, 4.69) is 39.2 Å². The molecule has 1 aromatic rings. The summed E-state index contributed by atoms with van der Waals surface area (Å²) >= 11 is 3.61. The van der Waals surface area contributed by atoms with Crippen molar-refractivity contribution >= 4 is 21.6 Å². The van der Waals surface area contributed by atoms with Gasteiger partial charge in [-0.25, -0.2) is 0 Å². The van der Waals surface area contributed by atoms with Gasteiger partial charge in [0, 0.05) is 29.0 Å². The van der Waals surface area contributed by atoms with Crippen molar-refractivity contribution in [3.8, 4) is 0 Å². The smallest absolute Gasteiger partial charge is 0.0393 e. The van der Waals surface area contributed by atoms with E-state index in [9.17, 15) is 0 Å². The maximum absolute atomic E-state index is 4.15. The summed E-state index contributed by atoms with van der Waals surface area (Å²) < 4.78 is 0. The summed E-state index contributed by atoms with van der Waals surface area (Å²) in [6.45, 7) is 5.20. The van der Waals surface area contributed by atoms with Crippen LogP contribution in [0.15, 0.2) is 18.3 Å². The third kappa shape index (κ3) is 4.09. The lowest BCUT2D eigenvalue weighted by Gasteiger charge is -2.09. The molecule has 3 heteroatoms. The highest BCUT2D eigenvalue weighted by Crippen LogP contribution is 2.11. The summed E-state index contributed by atoms with van der Waals surface area (Å²) in [6, 6.07) is 4.07. The Bertz CT molecular complexity index is 276. The molecule has 1 N–H and O–H groups in total. The Labute approximate surface area is 94.3 Å². The second-order valence-electron chi connectivity index (χ2n) is 3.41. The van der Waals surface area contributed by atoms with Crippen LogP contribution >= 0.6 is 15.9 Å². The first-order chi connectivity index (χ1) is 6.72. The fraction of sp³-hybridized carbons (Fsp3) is 0.545. The number of alkyl halides is 1. The number of nitrogens with one attached hydrogen (secondary N) is 1. The van der Waals surface area contributed by atoms with Crippen molar-refractivity contribution in [2.45, 2.75) is 31.5 Å². The number of hydrogen-bond donors (Lipinski definition) is 1. The number of aromatic nitrogens is 1. The third-order valence-corrected chi connectivity index (χ3v) is 3.23. The first-order valence-electron chi connectivity index (χ1n) is 5.03. The number of nitrogens with zero attached hydrogens (tertiary/aromatic N) is 1. The molecule has 0 aromatic carbocycles. The van der Waals surface area contributed by atoms with Gasteiger partial charge < -0.3 is 5.32 Å². The highest BCUT2D eigenvalue weighted by atomic mass is 79.9. The van der Waals surface area contributed by atoms with Gasteiger partial charge in [-0.1, -0.05) is 22.9 Å². The van der Waals surface area contributed by atoms with E-state index < -0.39 is 0 Å². The molecule has 2 nitrogen and oxygen atoms in total. The zero-order chi connectivity index (χ0) is 10.4. The summed E-state index contributed by atoms with van der Waals surface area (Å²) in [7, 11) is 0. The normalized spacial score (nSPS) is 12.5. The van der Waals surface area contributed by atoms with Gasteiger partial charge in [0.2, 0.25) is 0 Å². The fourth-order valence-corrected chi connectivity index (χ4v) is 1.46. The van der Waals surface area contributed by atoms with Crippen molar-refractivity contribution in [3.05, 3.63) is 24.0 Å². The summed E-state index contributed by atoms with van der Waals surface area (Å²) in [5.41, 5.74) is 2.22. The molecule has 1 rings (SSSR count). The maximum atomic E-state index is 4.15. The molecule has 0 fully saturated rings. The summed E-state index contributed by atoms with van der Waals surface area (Å²) in [5, 5.41) is 3.38. The van der Waals surface area contributed by atoms with Crippen LogP contribution in [0.4, 0.5) is 5.69 Å². The maximum Gasteiger partial charge on any atom is 0.0393 e. The van der Waals surface area contributed by atoms with Crippen molar-refractivity contribution < 1.29 is 0 Å². The molecule has 0 bridgehead atoms. The van der Waals surface area contributed by atoms with E-state index in [0.717, 1.165) is 24.3 Å². The van der Waals surface area contributed by atoms with Crippen LogP contribution in [0.5, 0.6) is 0 Å². The number of hydrogen-bond acceptors (Lipinski definition) is 2. The third-order valence-electron chi connectivity index (χ3n) is 2.13. The minimum Gasteiger partial charge on any atom is -0.385 e. The average molecular weight is 257 g/mol. The molecule has 1 unspecified atom stereocenters. The molecule has 0 saturated carbocycles. The molecule has 0 saturated heterocycles. The van der Waals surface area contributed by atoms with Gasteiger partial charge >= 0.3 is 0 Å². The van der Waals surface area contributed by atoms with Crippen LogP contribution in [-0.2, 0) is 0 Å². The van der Waals surface area contributed by atoms with Crippen molar-refractivity contribution in [1.82, 2.24) is 4.98 Å². The second kappa shape index (κ2) is 6.02. The van der Waals surface area contributed by atoms with Gasteiger partial charge in [-0.3, -0.25) is 4.98 Å². The van der Waals surface area contributed by atoms with Crippen LogP contribution in [0, 0.1) is 6.92 Å². The van der Waals surface area contributed by atoms with E-state index in [1.165, 1.54) is 6.42 Å². The molecule has 0 aliphatic heterocycles. The standard InChI is InChI=1S/C11H17BrN2/c1-3-10(12)4-6-14-11-5-7-13-9(2)8-11/h5,7-8,10H,3-4,6H2,1-2H3,(H,13,14). The molecule has 1 aromatic heterocycles. The van der Waals surface area contributed by atoms with Gasteiger partial charge in [-0.15, -0.1) is 0 Å². The van der Waals surface area contributed by atoms with Gasteiger partial charge in [-0.05, 0) is 31.9 Å². The molecule has 0 radical (unpaired) electrons. The molecule has 0 amide bonds. The lowest BCUT2D eigenvalue weighted by Crippen LogP contribution is -2.07. The number of rotatable bonds is 5. The van der Waals surface area contributed by atoms with E-state index in [0.29, 0.717) is 4.83 Å². The van der Waals surface area contributed by atoms with Gasteiger partial charge in [0.15, 0.2) is 0 Å². The molecule has 78 valence electrons. The predicted molar refractivity (Wildman–Crippen MR) is 65.1 cm³/mol. The topological polar surface area (TPSA) is 24.9 Å². The van der Waals surface area contributed by atoms with Gasteiger partial charge in [0.1, 0.15) is 0 Å². The summed E-state index contributed by atoms with van der Waals surface area (Å²) in [5.74, 6) is 0. The molecule has 0 aliphatic carbocycles. The first kappa shape index (κ1) is 11.5. The number of anilines is 1. The van der Waals surface area contributed by atoms with Gasteiger partial charge in [0.05, 0.1) is 0 Å². The number of pyridine rings is 1. The zero-order valence-electron chi connectivity index (χ0n) is 8.76. The van der Waals surface area contributed by atoms with Crippen LogP contribution in [-0.4, -0.2) is 16.4 Å². The Balaban J connectivity index is 2.31. The van der Waals surface area contributed by atoms with Crippen molar-refractivity contribution in [3.63, 3.8) is 0 Å². The molecule has 1 atom stereocenters. The SMILES string of the molecule is CCC(Br)CCNc1ccnc(C)c1. The largest absolute Gasteiger partial charge is 0.385 e. The average Bonchev–Trinajstić information content (AvgIpc) is 2.17. The van der Waals surface area contributed by atoms with Crippen molar-refractivity contribution in [1.29, 1.82) is 0 Å². The van der Waals surface area contributed by atoms with E-state index >= 15 is 0 Å². The van der Waals surface area contributed by atoms with Crippen LogP contribution in [0.3, 0.4) is 0 Å². The Kier molecular flexibility index (Phi) is 4.94. The number of aryl methyl sites for hydroxylation is 1. The molecule has 0 spiro atoms. The lowest BCUT2D eigenvalue weighted by atomic mass is 10.2. The Morgan fingerprint density at radius 3 is 3.00 bits per heavy atom. The molecular weight excluding hydrogens is 240 g/mol. The fourth-order valence-electron chi connectivity index (χ4n) is 1.23. The lowest BCUT2D eigenvalue weighted by molar-refractivity contribution is 0.774. The first-order valence-corrected chi connectivity index (χ1v) is 5.94. The quantitative estimate of drug-likeness (QED) is 0.818. The second-order valence-corrected chi connectivity index (χ2v) is 4.70. The van der Waals surface area contributed by atoms with Crippen LogP contribution in [0.2, 0.25) is 0 Å². The minimum atomic E-state index is 0.623. The Morgan fingerprint density at radius 2 is 2.36 bits per heavy atom. The summed E-state index contributed by atoms with van der Waals surface area (Å²) in [6.07, 6.45) is 4.16. The minimum absolute atomic E-state index is 0.623. The number of halogens is 1. The van der Waals surface area contributed by atoms with Gasteiger partial charge in [0.25, 0.3) is 0 Å². The highest BCUT2D eigenvalue weighted by Gasteiger charge is 1.99. The van der Waals surface area contributed by atoms with E-state index in [4.69, 9.17) is 0 Å². The van der Waals surface area contributed by atoms with Crippen molar-refractivity contribution in [2.75, 3.05) is 11.9 Å². The van der Waals surface area contributed by atoms with Crippen LogP contribution < -0.4 is 5.32 Å². The zero-order valence-corrected chi connectivity index (χ0v) is 10.3.